The summed E-state index contributed by atoms with van der Waals surface area (Å²) in [5, 5.41) is 9.74. The predicted molar refractivity (Wildman–Crippen MR) is 121 cm³/mol. The van der Waals surface area contributed by atoms with Crippen molar-refractivity contribution in [3.63, 3.8) is 0 Å². The standard InChI is InChI=1S/C22H24N4O2S/c1-4-14-26-17(3)21(28-19-8-6-5-7-9-19)24-22(25-26)29-15-20(27)23-18-12-10-16(2)11-13-18/h4-13,17H,1,14-15H2,2-3H3,(H,23,27). The molecule has 1 atom stereocenters. The highest BCUT2D eigenvalue weighted by molar-refractivity contribution is 8.14. The molecule has 0 spiro atoms. The zero-order valence-electron chi connectivity index (χ0n) is 16.5. The number of carbonyl (C=O) groups is 1. The molecule has 0 saturated heterocycles. The predicted octanol–water partition coefficient (Wildman–Crippen LogP) is 4.31. The first-order chi connectivity index (χ1) is 14.0. The molecule has 1 unspecified atom stereocenters. The van der Waals surface area contributed by atoms with Gasteiger partial charge in [0.1, 0.15) is 11.8 Å². The second-order valence-electron chi connectivity index (χ2n) is 6.54. The van der Waals surface area contributed by atoms with Gasteiger partial charge in [-0.25, -0.2) is 0 Å². The molecule has 0 fully saturated rings. The number of hydrazone groups is 1. The molecule has 0 saturated carbocycles. The van der Waals surface area contributed by atoms with E-state index < -0.39 is 0 Å². The number of aliphatic imine (C=N–C) groups is 1. The Labute approximate surface area is 175 Å². The second kappa shape index (κ2) is 9.93. The molecule has 150 valence electrons. The third-order valence-corrected chi connectivity index (χ3v) is 5.01. The largest absolute Gasteiger partial charge is 0.441 e. The van der Waals surface area contributed by atoms with E-state index in [1.165, 1.54) is 11.8 Å². The van der Waals surface area contributed by atoms with Crippen LogP contribution in [0.4, 0.5) is 5.69 Å². The maximum Gasteiger partial charge on any atom is 0.234 e. The molecule has 3 rings (SSSR count). The van der Waals surface area contributed by atoms with Crippen molar-refractivity contribution in [1.29, 1.82) is 0 Å². The number of hydrogen-bond acceptors (Lipinski definition) is 6. The van der Waals surface area contributed by atoms with Gasteiger partial charge in [0.2, 0.25) is 17.0 Å². The fourth-order valence-corrected chi connectivity index (χ4v) is 3.26. The molecular weight excluding hydrogens is 384 g/mol. The Morgan fingerprint density at radius 3 is 2.66 bits per heavy atom. The van der Waals surface area contributed by atoms with E-state index in [0.717, 1.165) is 11.3 Å². The highest BCUT2D eigenvalue weighted by Gasteiger charge is 2.25. The van der Waals surface area contributed by atoms with Crippen molar-refractivity contribution in [1.82, 2.24) is 5.01 Å². The van der Waals surface area contributed by atoms with Gasteiger partial charge in [-0.2, -0.15) is 4.99 Å². The molecule has 0 bridgehead atoms. The van der Waals surface area contributed by atoms with Gasteiger partial charge in [0.25, 0.3) is 0 Å². The quantitative estimate of drug-likeness (QED) is 0.724. The highest BCUT2D eigenvalue weighted by atomic mass is 32.2. The van der Waals surface area contributed by atoms with Crippen LogP contribution in [0.15, 0.2) is 77.3 Å². The lowest BCUT2D eigenvalue weighted by Crippen LogP contribution is -2.42. The van der Waals surface area contributed by atoms with E-state index in [2.05, 4.69) is 22.0 Å². The summed E-state index contributed by atoms with van der Waals surface area (Å²) in [6.45, 7) is 8.32. The van der Waals surface area contributed by atoms with E-state index in [9.17, 15) is 4.79 Å². The minimum atomic E-state index is -0.140. The molecule has 1 amide bonds. The molecular formula is C22H24N4O2S. The molecule has 0 radical (unpaired) electrons. The van der Waals surface area contributed by atoms with Crippen molar-refractivity contribution in [3.05, 3.63) is 72.8 Å². The zero-order valence-corrected chi connectivity index (χ0v) is 17.4. The lowest BCUT2D eigenvalue weighted by atomic mass is 10.2. The van der Waals surface area contributed by atoms with Crippen molar-refractivity contribution in [3.8, 4) is 5.75 Å². The Kier molecular flexibility index (Phi) is 7.08. The average Bonchev–Trinajstić information content (AvgIpc) is 2.72. The molecule has 2 aromatic rings. The smallest absolute Gasteiger partial charge is 0.234 e. The summed E-state index contributed by atoms with van der Waals surface area (Å²) in [6.07, 6.45) is 1.78. The van der Waals surface area contributed by atoms with Crippen LogP contribution in [0.5, 0.6) is 5.75 Å². The van der Waals surface area contributed by atoms with Gasteiger partial charge in [-0.15, -0.1) is 11.7 Å². The maximum atomic E-state index is 12.3. The van der Waals surface area contributed by atoms with Crippen LogP contribution in [-0.4, -0.2) is 40.3 Å². The van der Waals surface area contributed by atoms with Crippen molar-refractivity contribution in [2.45, 2.75) is 19.9 Å². The number of anilines is 1. The molecule has 0 aromatic heterocycles. The Morgan fingerprint density at radius 2 is 1.97 bits per heavy atom. The number of hydrogen-bond donors (Lipinski definition) is 1. The van der Waals surface area contributed by atoms with Gasteiger partial charge < -0.3 is 10.1 Å². The summed E-state index contributed by atoms with van der Waals surface area (Å²) in [6, 6.07) is 17.0. The van der Waals surface area contributed by atoms with Crippen molar-refractivity contribution < 1.29 is 9.53 Å². The van der Waals surface area contributed by atoms with Crippen molar-refractivity contribution in [2.24, 2.45) is 10.1 Å². The second-order valence-corrected chi connectivity index (χ2v) is 7.48. The Hall–Kier alpha value is -3.06. The first-order valence-corrected chi connectivity index (χ1v) is 10.3. The summed E-state index contributed by atoms with van der Waals surface area (Å²) < 4.78 is 5.97. The van der Waals surface area contributed by atoms with E-state index >= 15 is 0 Å². The fourth-order valence-electron chi connectivity index (χ4n) is 2.61. The van der Waals surface area contributed by atoms with Crippen LogP contribution in [-0.2, 0) is 4.79 Å². The number of nitrogens with zero attached hydrogens (tertiary/aromatic N) is 3. The molecule has 1 aliphatic rings. The van der Waals surface area contributed by atoms with Crippen LogP contribution in [0.25, 0.3) is 0 Å². The van der Waals surface area contributed by atoms with Gasteiger partial charge in [-0.3, -0.25) is 9.80 Å². The van der Waals surface area contributed by atoms with Crippen LogP contribution >= 0.6 is 11.8 Å². The molecule has 29 heavy (non-hydrogen) atoms. The molecule has 0 aliphatic carbocycles. The van der Waals surface area contributed by atoms with Gasteiger partial charge in [-0.05, 0) is 38.1 Å². The number of carbonyl (C=O) groups excluding carboxylic acids is 1. The highest BCUT2D eigenvalue weighted by Crippen LogP contribution is 2.20. The first kappa shape index (κ1) is 20.7. The van der Waals surface area contributed by atoms with Crippen LogP contribution < -0.4 is 10.1 Å². The minimum Gasteiger partial charge on any atom is -0.441 e. The van der Waals surface area contributed by atoms with Crippen LogP contribution in [0.2, 0.25) is 0 Å². The number of aryl methyl sites for hydroxylation is 1. The number of thioether (sulfide) groups is 1. The summed E-state index contributed by atoms with van der Waals surface area (Å²) >= 11 is 1.27. The zero-order chi connectivity index (χ0) is 20.6. The van der Waals surface area contributed by atoms with Crippen molar-refractivity contribution >= 4 is 34.4 Å². The molecule has 6 nitrogen and oxygen atoms in total. The number of amidine groups is 1. The summed E-state index contributed by atoms with van der Waals surface area (Å²) in [5.74, 6) is 1.33. The number of amides is 1. The lowest BCUT2D eigenvalue weighted by molar-refractivity contribution is -0.113. The molecule has 1 heterocycles. The van der Waals surface area contributed by atoms with E-state index in [1.54, 1.807) is 6.08 Å². The number of para-hydroxylation sites is 1. The minimum absolute atomic E-state index is 0.115. The third-order valence-electron chi connectivity index (χ3n) is 4.17. The Bertz CT molecular complexity index is 910. The lowest BCUT2D eigenvalue weighted by Gasteiger charge is -2.29. The normalized spacial score (nSPS) is 15.9. The monoisotopic (exact) mass is 408 g/mol. The summed E-state index contributed by atoms with van der Waals surface area (Å²) in [5.41, 5.74) is 1.91. The van der Waals surface area contributed by atoms with E-state index in [-0.39, 0.29) is 17.7 Å². The third kappa shape index (κ3) is 5.96. The first-order valence-electron chi connectivity index (χ1n) is 9.32. The van der Waals surface area contributed by atoms with Gasteiger partial charge in [-0.1, -0.05) is 53.7 Å². The van der Waals surface area contributed by atoms with Crippen molar-refractivity contribution in [2.75, 3.05) is 17.6 Å². The number of ether oxygens (including phenoxy) is 1. The van der Waals surface area contributed by atoms with E-state index in [4.69, 9.17) is 4.74 Å². The van der Waals surface area contributed by atoms with E-state index in [1.807, 2.05) is 73.5 Å². The van der Waals surface area contributed by atoms with Crippen LogP contribution in [0.3, 0.4) is 0 Å². The van der Waals surface area contributed by atoms with Crippen LogP contribution in [0.1, 0.15) is 12.5 Å². The van der Waals surface area contributed by atoms with Gasteiger partial charge in [0.05, 0.1) is 12.3 Å². The molecule has 7 heteroatoms. The number of nitrogens with one attached hydrogen (secondary N) is 1. The summed E-state index contributed by atoms with van der Waals surface area (Å²) in [4.78, 5) is 16.8. The number of rotatable bonds is 6. The van der Waals surface area contributed by atoms with Gasteiger partial charge >= 0.3 is 0 Å². The molecule has 1 aliphatic heterocycles. The van der Waals surface area contributed by atoms with Gasteiger partial charge in [0, 0.05) is 5.69 Å². The SMILES string of the molecule is C=CCN1N=C(SCC(=O)Nc2ccc(C)cc2)N=C(Oc2ccccc2)C1C. The van der Waals surface area contributed by atoms with Crippen LogP contribution in [0, 0.1) is 6.92 Å². The molecule has 1 N–H and O–H groups in total. The Morgan fingerprint density at radius 1 is 1.24 bits per heavy atom. The number of benzene rings is 2. The van der Waals surface area contributed by atoms with E-state index in [0.29, 0.717) is 23.4 Å². The molecule has 2 aromatic carbocycles. The fraction of sp³-hybridized carbons (Fsp3) is 0.227. The average molecular weight is 409 g/mol. The topological polar surface area (TPSA) is 66.3 Å². The Balaban J connectivity index is 1.66. The summed E-state index contributed by atoms with van der Waals surface area (Å²) in [7, 11) is 0. The van der Waals surface area contributed by atoms with Gasteiger partial charge in [0.15, 0.2) is 0 Å². The maximum absolute atomic E-state index is 12.3.